The van der Waals surface area contributed by atoms with Crippen LogP contribution < -0.4 is 11.1 Å². The first-order valence-corrected chi connectivity index (χ1v) is 11.4. The zero-order valence-electron chi connectivity index (χ0n) is 18.3. The van der Waals surface area contributed by atoms with Crippen LogP contribution in [-0.4, -0.2) is 39.5 Å². The molecule has 0 amide bonds. The Hall–Kier alpha value is -2.87. The Bertz CT molecular complexity index is 1040. The van der Waals surface area contributed by atoms with Gasteiger partial charge in [0.2, 0.25) is 0 Å². The molecular weight excluding hydrogens is 422 g/mol. The van der Waals surface area contributed by atoms with E-state index in [1.165, 1.54) is 5.56 Å². The van der Waals surface area contributed by atoms with Gasteiger partial charge in [0.25, 0.3) is 0 Å². The van der Waals surface area contributed by atoms with Crippen molar-refractivity contribution in [2.24, 2.45) is 0 Å². The molecule has 0 radical (unpaired) electrons. The van der Waals surface area contributed by atoms with Gasteiger partial charge < -0.3 is 21.3 Å². The number of aromatic carboxylic acids is 1. The summed E-state index contributed by atoms with van der Waals surface area (Å²) in [5, 5.41) is 23.2. The molecule has 1 heterocycles. The normalized spacial score (nSPS) is 12.1. The Balaban J connectivity index is 1.56. The number of carboxylic acid groups (broad SMARTS) is 1. The van der Waals surface area contributed by atoms with Crippen LogP contribution in [0.4, 0.5) is 5.82 Å². The molecule has 0 bridgehead atoms. The third kappa shape index (κ3) is 6.56. The van der Waals surface area contributed by atoms with Crippen LogP contribution in [0.25, 0.3) is 11.1 Å². The number of rotatable bonds is 10. The lowest BCUT2D eigenvalue weighted by Crippen LogP contribution is -2.23. The number of hydrogen-bond donors (Lipinski definition) is 4. The Kier molecular flexibility index (Phi) is 8.27. The number of nitrogens with two attached hydrogens (primary N) is 1. The summed E-state index contributed by atoms with van der Waals surface area (Å²) >= 11 is 1.56. The van der Waals surface area contributed by atoms with Gasteiger partial charge in [0.1, 0.15) is 5.82 Å². The topological polar surface area (TPSA) is 108 Å². The average molecular weight is 452 g/mol. The lowest BCUT2D eigenvalue weighted by atomic mass is 10.0. The third-order valence-corrected chi connectivity index (χ3v) is 6.05. The van der Waals surface area contributed by atoms with Crippen molar-refractivity contribution >= 4 is 23.5 Å². The van der Waals surface area contributed by atoms with E-state index < -0.39 is 12.1 Å². The van der Waals surface area contributed by atoms with Crippen molar-refractivity contribution in [3.05, 3.63) is 77.5 Å². The highest BCUT2D eigenvalue weighted by Crippen LogP contribution is 2.31. The zero-order chi connectivity index (χ0) is 23.1. The van der Waals surface area contributed by atoms with Gasteiger partial charge in [0.15, 0.2) is 0 Å². The van der Waals surface area contributed by atoms with E-state index in [9.17, 15) is 15.0 Å². The van der Waals surface area contributed by atoms with Crippen LogP contribution in [0.3, 0.4) is 0 Å². The fourth-order valence-electron chi connectivity index (χ4n) is 3.30. The number of nitrogens with one attached hydrogen (secondary N) is 1. The van der Waals surface area contributed by atoms with Gasteiger partial charge in [-0.25, -0.2) is 9.78 Å². The molecule has 5 N–H and O–H groups in total. The van der Waals surface area contributed by atoms with Gasteiger partial charge in [0, 0.05) is 28.5 Å². The van der Waals surface area contributed by atoms with Crippen molar-refractivity contribution in [2.45, 2.75) is 36.5 Å². The quantitative estimate of drug-likeness (QED) is 0.267. The van der Waals surface area contributed by atoms with E-state index >= 15 is 0 Å². The summed E-state index contributed by atoms with van der Waals surface area (Å²) in [6.07, 6.45) is 1.80. The maximum Gasteiger partial charge on any atom is 0.336 e. The molecule has 32 heavy (non-hydrogen) atoms. The number of anilines is 1. The van der Waals surface area contributed by atoms with Gasteiger partial charge in [-0.2, -0.15) is 0 Å². The fraction of sp³-hybridized carbons (Fsp3) is 0.280. The molecule has 2 aromatic carbocycles. The van der Waals surface area contributed by atoms with E-state index in [4.69, 9.17) is 5.73 Å². The number of carboxylic acids is 1. The Morgan fingerprint density at radius 1 is 1.09 bits per heavy atom. The molecule has 0 spiro atoms. The minimum absolute atomic E-state index is 0.299. The number of aliphatic hydroxyl groups is 1. The van der Waals surface area contributed by atoms with E-state index in [-0.39, 0.29) is 0 Å². The summed E-state index contributed by atoms with van der Waals surface area (Å²) in [4.78, 5) is 16.3. The monoisotopic (exact) mass is 451 g/mol. The summed E-state index contributed by atoms with van der Waals surface area (Å²) in [6.45, 7) is 5.28. The minimum Gasteiger partial charge on any atom is -0.478 e. The van der Waals surface area contributed by atoms with Crippen molar-refractivity contribution in [2.75, 3.05) is 18.8 Å². The first kappa shape index (κ1) is 23.8. The second-order valence-corrected chi connectivity index (χ2v) is 9.48. The number of carbonyl (C=O) groups is 1. The maximum absolute atomic E-state index is 11.5. The van der Waals surface area contributed by atoms with Crippen LogP contribution in [0.15, 0.2) is 65.7 Å². The number of aliphatic hydroxyl groups excluding tert-OH is 1. The van der Waals surface area contributed by atoms with Crippen LogP contribution >= 0.6 is 11.8 Å². The summed E-state index contributed by atoms with van der Waals surface area (Å²) in [7, 11) is 0. The van der Waals surface area contributed by atoms with E-state index in [1.807, 2.05) is 12.1 Å². The molecule has 0 aliphatic carbocycles. The van der Waals surface area contributed by atoms with Crippen molar-refractivity contribution in [1.82, 2.24) is 10.3 Å². The molecule has 0 fully saturated rings. The molecule has 3 rings (SSSR count). The first-order valence-electron chi connectivity index (χ1n) is 10.6. The molecule has 3 aromatic rings. The molecule has 0 saturated carbocycles. The highest BCUT2D eigenvalue weighted by Gasteiger charge is 2.13. The lowest BCUT2D eigenvalue weighted by molar-refractivity contribution is 0.0693. The van der Waals surface area contributed by atoms with Gasteiger partial charge in [0.05, 0.1) is 11.7 Å². The van der Waals surface area contributed by atoms with E-state index in [0.717, 1.165) is 34.6 Å². The van der Waals surface area contributed by atoms with Gasteiger partial charge in [-0.3, -0.25) is 0 Å². The number of pyridine rings is 1. The molecule has 6 nitrogen and oxygen atoms in total. The Morgan fingerprint density at radius 2 is 1.81 bits per heavy atom. The number of hydrogen-bond acceptors (Lipinski definition) is 6. The van der Waals surface area contributed by atoms with Gasteiger partial charge in [-0.1, -0.05) is 50.2 Å². The van der Waals surface area contributed by atoms with Gasteiger partial charge >= 0.3 is 5.97 Å². The molecule has 0 aliphatic heterocycles. The van der Waals surface area contributed by atoms with E-state index in [2.05, 4.69) is 48.4 Å². The van der Waals surface area contributed by atoms with Gasteiger partial charge in [-0.05, 0) is 47.9 Å². The van der Waals surface area contributed by atoms with Gasteiger partial charge in [-0.15, -0.1) is 11.8 Å². The number of nitrogen functional groups attached to an aromatic ring is 1. The van der Waals surface area contributed by atoms with Crippen LogP contribution in [0.2, 0.25) is 0 Å². The molecule has 1 atom stereocenters. The van der Waals surface area contributed by atoms with Crippen LogP contribution in [-0.2, 0) is 6.42 Å². The summed E-state index contributed by atoms with van der Waals surface area (Å²) in [5.74, 6) is -0.467. The van der Waals surface area contributed by atoms with Crippen molar-refractivity contribution in [3.63, 3.8) is 0 Å². The summed E-state index contributed by atoms with van der Waals surface area (Å²) in [6, 6.07) is 17.2. The Morgan fingerprint density at radius 3 is 2.44 bits per heavy atom. The first-order chi connectivity index (χ1) is 15.3. The largest absolute Gasteiger partial charge is 0.478 e. The van der Waals surface area contributed by atoms with Crippen LogP contribution in [0.5, 0.6) is 0 Å². The predicted molar refractivity (Wildman–Crippen MR) is 130 cm³/mol. The fourth-order valence-corrected chi connectivity index (χ4v) is 4.28. The van der Waals surface area contributed by atoms with E-state index in [0.29, 0.717) is 23.2 Å². The number of nitrogens with zero attached hydrogens (tertiary/aromatic N) is 1. The average Bonchev–Trinajstić information content (AvgIpc) is 2.77. The molecule has 0 aliphatic rings. The molecular formula is C25H29N3O3S. The minimum atomic E-state index is -0.902. The SMILES string of the molecule is CC(C)Sc1cc(-c2ccc(CCNC[C@H](O)c3ccc(N)nc3)cc2)ccc1C(=O)O. The number of benzene rings is 2. The smallest absolute Gasteiger partial charge is 0.336 e. The van der Waals surface area contributed by atoms with Crippen molar-refractivity contribution in [3.8, 4) is 11.1 Å². The van der Waals surface area contributed by atoms with Crippen molar-refractivity contribution < 1.29 is 15.0 Å². The molecule has 168 valence electrons. The molecule has 1 aromatic heterocycles. The molecule has 0 saturated heterocycles. The highest BCUT2D eigenvalue weighted by molar-refractivity contribution is 8.00. The summed E-state index contributed by atoms with van der Waals surface area (Å²) in [5.41, 5.74) is 9.89. The zero-order valence-corrected chi connectivity index (χ0v) is 19.1. The third-order valence-electron chi connectivity index (χ3n) is 4.98. The van der Waals surface area contributed by atoms with Crippen LogP contribution in [0, 0.1) is 0 Å². The predicted octanol–water partition coefficient (Wildman–Crippen LogP) is 4.40. The van der Waals surface area contributed by atoms with E-state index in [1.54, 1.807) is 36.2 Å². The second kappa shape index (κ2) is 11.1. The maximum atomic E-state index is 11.5. The Labute approximate surface area is 192 Å². The summed E-state index contributed by atoms with van der Waals surface area (Å²) < 4.78 is 0. The molecule has 0 unspecified atom stereocenters. The standard InChI is InChI=1S/C25H29N3O3S/c1-16(2)32-23-13-19(7-9-21(23)25(30)31)18-5-3-17(4-6-18)11-12-27-15-22(29)20-8-10-24(26)28-14-20/h3-10,13-14,16,22,27,29H,11-12,15H2,1-2H3,(H2,26,28)(H,30,31)/t22-/m0/s1. The second-order valence-electron chi connectivity index (χ2n) is 7.87. The number of aromatic nitrogens is 1. The highest BCUT2D eigenvalue weighted by atomic mass is 32.2. The lowest BCUT2D eigenvalue weighted by Gasteiger charge is -2.13. The molecule has 7 heteroatoms. The number of thioether (sulfide) groups is 1. The van der Waals surface area contributed by atoms with Crippen molar-refractivity contribution in [1.29, 1.82) is 0 Å². The van der Waals surface area contributed by atoms with Crippen LogP contribution in [0.1, 0.15) is 41.4 Å².